The van der Waals surface area contributed by atoms with E-state index in [1.807, 2.05) is 6.92 Å². The highest BCUT2D eigenvalue weighted by Gasteiger charge is 2.19. The Morgan fingerprint density at radius 2 is 2.33 bits per heavy atom. The molecule has 0 spiro atoms. The van der Waals surface area contributed by atoms with Gasteiger partial charge in [-0.15, -0.1) is 5.10 Å². The molecule has 1 aromatic heterocycles. The van der Waals surface area contributed by atoms with E-state index in [0.717, 1.165) is 0 Å². The number of esters is 1. The van der Waals surface area contributed by atoms with Crippen LogP contribution in [0.15, 0.2) is 0 Å². The minimum absolute atomic E-state index is 0.223. The van der Waals surface area contributed by atoms with Crippen LogP contribution < -0.4 is 0 Å². The fraction of sp³-hybridized carbons (Fsp3) is 0.667. The van der Waals surface area contributed by atoms with Crippen molar-refractivity contribution in [2.45, 2.75) is 32.9 Å². The quantitative estimate of drug-likeness (QED) is 0.713. The van der Waals surface area contributed by atoms with Gasteiger partial charge in [0.15, 0.2) is 5.69 Å². The Bertz CT molecular complexity index is 346. The van der Waals surface area contributed by atoms with E-state index in [4.69, 9.17) is 0 Å². The molecule has 0 aliphatic heterocycles. The minimum atomic E-state index is -0.525. The fourth-order valence-electron chi connectivity index (χ4n) is 1.33. The standard InChI is InChI=1S/C9H15N3O3/c1-4-7-8(9(14)15-3)10-11-12(7)5-6(2)13/h6,13H,4-5H2,1-3H3. The van der Waals surface area contributed by atoms with Crippen molar-refractivity contribution >= 4 is 5.97 Å². The number of ether oxygens (including phenoxy) is 1. The van der Waals surface area contributed by atoms with E-state index < -0.39 is 12.1 Å². The van der Waals surface area contributed by atoms with Gasteiger partial charge in [0.1, 0.15) is 0 Å². The highest BCUT2D eigenvalue weighted by atomic mass is 16.5. The molecule has 1 heterocycles. The van der Waals surface area contributed by atoms with Crippen molar-refractivity contribution in [1.29, 1.82) is 0 Å². The summed E-state index contributed by atoms with van der Waals surface area (Å²) in [5, 5.41) is 16.8. The van der Waals surface area contributed by atoms with Crippen LogP contribution in [0.1, 0.15) is 30.0 Å². The van der Waals surface area contributed by atoms with Crippen molar-refractivity contribution in [3.8, 4) is 0 Å². The first kappa shape index (κ1) is 11.6. The van der Waals surface area contributed by atoms with Crippen LogP contribution in [0.2, 0.25) is 0 Å². The van der Waals surface area contributed by atoms with Gasteiger partial charge in [0, 0.05) is 0 Å². The molecule has 1 atom stereocenters. The zero-order valence-electron chi connectivity index (χ0n) is 9.10. The molecule has 84 valence electrons. The van der Waals surface area contributed by atoms with Gasteiger partial charge in [0.05, 0.1) is 25.5 Å². The number of hydrogen-bond donors (Lipinski definition) is 1. The average molecular weight is 213 g/mol. The van der Waals surface area contributed by atoms with Crippen LogP contribution in [0.3, 0.4) is 0 Å². The maximum atomic E-state index is 11.3. The number of aliphatic hydroxyl groups is 1. The van der Waals surface area contributed by atoms with Gasteiger partial charge in [-0.3, -0.25) is 0 Å². The van der Waals surface area contributed by atoms with Crippen molar-refractivity contribution in [1.82, 2.24) is 15.0 Å². The summed E-state index contributed by atoms with van der Waals surface area (Å²) in [6.45, 7) is 3.87. The summed E-state index contributed by atoms with van der Waals surface area (Å²) in [5.41, 5.74) is 0.906. The van der Waals surface area contributed by atoms with E-state index in [9.17, 15) is 9.90 Å². The molecule has 1 rings (SSSR count). The average Bonchev–Trinajstić information content (AvgIpc) is 2.58. The van der Waals surface area contributed by atoms with Gasteiger partial charge in [-0.1, -0.05) is 12.1 Å². The zero-order chi connectivity index (χ0) is 11.4. The molecule has 0 fully saturated rings. The molecule has 0 amide bonds. The number of hydrogen-bond acceptors (Lipinski definition) is 5. The fourth-order valence-corrected chi connectivity index (χ4v) is 1.33. The number of carbonyl (C=O) groups is 1. The first-order chi connectivity index (χ1) is 7.10. The van der Waals surface area contributed by atoms with E-state index in [-0.39, 0.29) is 5.69 Å². The molecule has 0 saturated carbocycles. The van der Waals surface area contributed by atoms with Crippen LogP contribution in [0, 0.1) is 0 Å². The van der Waals surface area contributed by atoms with Gasteiger partial charge >= 0.3 is 5.97 Å². The van der Waals surface area contributed by atoms with Gasteiger partial charge in [-0.2, -0.15) is 0 Å². The SMILES string of the molecule is CCc1c(C(=O)OC)nnn1CC(C)O. The number of carbonyl (C=O) groups excluding carboxylic acids is 1. The highest BCUT2D eigenvalue weighted by Crippen LogP contribution is 2.08. The monoisotopic (exact) mass is 213 g/mol. The van der Waals surface area contributed by atoms with E-state index >= 15 is 0 Å². The van der Waals surface area contributed by atoms with E-state index in [1.165, 1.54) is 11.8 Å². The summed E-state index contributed by atoms with van der Waals surface area (Å²) in [4.78, 5) is 11.3. The Morgan fingerprint density at radius 1 is 1.67 bits per heavy atom. The molecule has 0 aliphatic carbocycles. The molecular weight excluding hydrogens is 198 g/mol. The van der Waals surface area contributed by atoms with Crippen LogP contribution in [0.4, 0.5) is 0 Å². The van der Waals surface area contributed by atoms with Crippen molar-refractivity contribution in [3.63, 3.8) is 0 Å². The molecule has 1 N–H and O–H groups in total. The van der Waals surface area contributed by atoms with Gasteiger partial charge in [-0.25, -0.2) is 9.48 Å². The summed E-state index contributed by atoms with van der Waals surface area (Å²) in [7, 11) is 1.30. The Kier molecular flexibility index (Phi) is 3.79. The lowest BCUT2D eigenvalue weighted by Gasteiger charge is -2.06. The van der Waals surface area contributed by atoms with Gasteiger partial charge in [0.25, 0.3) is 0 Å². The van der Waals surface area contributed by atoms with Crippen molar-refractivity contribution in [2.75, 3.05) is 7.11 Å². The van der Waals surface area contributed by atoms with Crippen molar-refractivity contribution < 1.29 is 14.6 Å². The summed E-state index contributed by atoms with van der Waals surface area (Å²) in [5.74, 6) is -0.497. The zero-order valence-corrected chi connectivity index (χ0v) is 9.10. The second-order valence-electron chi connectivity index (χ2n) is 3.26. The topological polar surface area (TPSA) is 77.2 Å². The molecule has 0 aromatic carbocycles. The van der Waals surface area contributed by atoms with Crippen molar-refractivity contribution in [3.05, 3.63) is 11.4 Å². The van der Waals surface area contributed by atoms with Crippen LogP contribution in [0.5, 0.6) is 0 Å². The normalized spacial score (nSPS) is 12.5. The first-order valence-electron chi connectivity index (χ1n) is 4.78. The molecule has 0 radical (unpaired) electrons. The molecular formula is C9H15N3O3. The van der Waals surface area contributed by atoms with Crippen molar-refractivity contribution in [2.24, 2.45) is 0 Å². The largest absolute Gasteiger partial charge is 0.464 e. The number of rotatable bonds is 4. The Labute approximate surface area is 87.9 Å². The third kappa shape index (κ3) is 2.53. The summed E-state index contributed by atoms with van der Waals surface area (Å²) >= 11 is 0. The van der Waals surface area contributed by atoms with E-state index in [1.54, 1.807) is 6.92 Å². The summed E-state index contributed by atoms with van der Waals surface area (Å²) < 4.78 is 6.10. The smallest absolute Gasteiger partial charge is 0.360 e. The predicted octanol–water partition coefficient (Wildman–Crippen LogP) is 0.00790. The number of methoxy groups -OCH3 is 1. The maximum absolute atomic E-state index is 11.3. The Hall–Kier alpha value is -1.43. The van der Waals surface area contributed by atoms with Crippen LogP contribution >= 0.6 is 0 Å². The lowest BCUT2D eigenvalue weighted by molar-refractivity contribution is 0.0592. The van der Waals surface area contributed by atoms with E-state index in [0.29, 0.717) is 18.7 Å². The molecule has 6 heteroatoms. The summed E-state index contributed by atoms with van der Waals surface area (Å²) in [6.07, 6.45) is 0.0898. The van der Waals surface area contributed by atoms with E-state index in [2.05, 4.69) is 15.0 Å². The first-order valence-corrected chi connectivity index (χ1v) is 4.78. The second kappa shape index (κ2) is 4.88. The summed E-state index contributed by atoms with van der Waals surface area (Å²) in [6, 6.07) is 0. The van der Waals surface area contributed by atoms with Crippen LogP contribution in [-0.2, 0) is 17.7 Å². The molecule has 6 nitrogen and oxygen atoms in total. The number of aromatic nitrogens is 3. The Balaban J connectivity index is 3.00. The molecule has 0 bridgehead atoms. The van der Waals surface area contributed by atoms with Gasteiger partial charge in [-0.05, 0) is 13.3 Å². The lowest BCUT2D eigenvalue weighted by Crippen LogP contribution is -2.16. The molecule has 1 aromatic rings. The molecule has 1 unspecified atom stereocenters. The predicted molar refractivity (Wildman–Crippen MR) is 52.4 cm³/mol. The Morgan fingerprint density at radius 3 is 2.80 bits per heavy atom. The molecule has 0 aliphatic rings. The minimum Gasteiger partial charge on any atom is -0.464 e. The van der Waals surface area contributed by atoms with Crippen LogP contribution in [0.25, 0.3) is 0 Å². The molecule has 0 saturated heterocycles. The third-order valence-electron chi connectivity index (χ3n) is 1.99. The maximum Gasteiger partial charge on any atom is 0.360 e. The third-order valence-corrected chi connectivity index (χ3v) is 1.99. The van der Waals surface area contributed by atoms with Gasteiger partial charge in [0.2, 0.25) is 0 Å². The van der Waals surface area contributed by atoms with Crippen LogP contribution in [-0.4, -0.2) is 39.3 Å². The van der Waals surface area contributed by atoms with Gasteiger partial charge < -0.3 is 9.84 Å². The lowest BCUT2D eigenvalue weighted by atomic mass is 10.2. The second-order valence-corrected chi connectivity index (χ2v) is 3.26. The number of nitrogens with zero attached hydrogens (tertiary/aromatic N) is 3. The molecule has 15 heavy (non-hydrogen) atoms. The highest BCUT2D eigenvalue weighted by molar-refractivity contribution is 5.88. The number of aliphatic hydroxyl groups excluding tert-OH is 1.